The molecule has 22 heavy (non-hydrogen) atoms. The second kappa shape index (κ2) is 5.04. The summed E-state index contributed by atoms with van der Waals surface area (Å²) in [7, 11) is 0. The molecule has 0 radical (unpaired) electrons. The van der Waals surface area contributed by atoms with E-state index in [2.05, 4.69) is 22.6 Å². The van der Waals surface area contributed by atoms with E-state index in [-0.39, 0.29) is 11.4 Å². The molecule has 3 aliphatic rings. The summed E-state index contributed by atoms with van der Waals surface area (Å²) < 4.78 is 8.00. The van der Waals surface area contributed by atoms with Gasteiger partial charge < -0.3 is 4.74 Å². The molecule has 4 rings (SSSR count). The van der Waals surface area contributed by atoms with Crippen molar-refractivity contribution in [2.24, 2.45) is 11.3 Å². The second-order valence-electron chi connectivity index (χ2n) is 6.88. The molecule has 2 unspecified atom stereocenters. The first-order valence-corrected chi connectivity index (χ1v) is 9.07. The number of Topliss-reactive ketones (excluding diaryl/α,β-unsaturated/α-hetero) is 1. The van der Waals surface area contributed by atoms with Gasteiger partial charge in [0.25, 0.3) is 0 Å². The summed E-state index contributed by atoms with van der Waals surface area (Å²) in [6.45, 7) is 2.86. The summed E-state index contributed by atoms with van der Waals surface area (Å²) in [5, 5.41) is 4.73. The van der Waals surface area contributed by atoms with Crippen LogP contribution < -0.4 is 0 Å². The monoisotopic (exact) mass is 414 g/mol. The molecular formula is C16H19IN2O3. The Kier molecular flexibility index (Phi) is 3.36. The van der Waals surface area contributed by atoms with E-state index in [4.69, 9.17) is 9.84 Å². The normalized spacial score (nSPS) is 29.5. The maximum absolute atomic E-state index is 12.3. The smallest absolute Gasteiger partial charge is 0.357 e. The number of ether oxygens (including phenoxy) is 1. The molecule has 0 aromatic carbocycles. The molecule has 6 heteroatoms. The largest absolute Gasteiger partial charge is 0.461 e. The van der Waals surface area contributed by atoms with Crippen LogP contribution in [-0.4, -0.2) is 28.1 Å². The SMILES string of the molecule is CCOC(=O)c1c(I)c(C2CC2)nn1CC12CC(=O)CC1C2. The van der Waals surface area contributed by atoms with E-state index in [1.54, 1.807) is 0 Å². The lowest BCUT2D eigenvalue weighted by atomic mass is 10.0. The van der Waals surface area contributed by atoms with Crippen LogP contribution in [0.15, 0.2) is 0 Å². The highest BCUT2D eigenvalue weighted by Crippen LogP contribution is 2.63. The number of hydrogen-bond donors (Lipinski definition) is 0. The lowest BCUT2D eigenvalue weighted by Crippen LogP contribution is -2.20. The molecule has 1 aromatic heterocycles. The van der Waals surface area contributed by atoms with Crippen LogP contribution in [-0.2, 0) is 16.1 Å². The minimum absolute atomic E-state index is 0.0637. The summed E-state index contributed by atoms with van der Waals surface area (Å²) in [5.74, 6) is 1.07. The van der Waals surface area contributed by atoms with Gasteiger partial charge in [0.2, 0.25) is 0 Å². The molecule has 1 aromatic rings. The molecule has 3 aliphatic carbocycles. The van der Waals surface area contributed by atoms with Gasteiger partial charge in [0, 0.05) is 30.7 Å². The highest BCUT2D eigenvalue weighted by Gasteiger charge is 2.60. The van der Waals surface area contributed by atoms with E-state index in [0.717, 1.165) is 28.5 Å². The molecule has 118 valence electrons. The summed E-state index contributed by atoms with van der Waals surface area (Å²) in [4.78, 5) is 24.0. The van der Waals surface area contributed by atoms with E-state index in [1.807, 2.05) is 11.6 Å². The van der Waals surface area contributed by atoms with Crippen LogP contribution in [0.3, 0.4) is 0 Å². The van der Waals surface area contributed by atoms with Crippen molar-refractivity contribution in [2.75, 3.05) is 6.61 Å². The quantitative estimate of drug-likeness (QED) is 0.549. The van der Waals surface area contributed by atoms with Crippen molar-refractivity contribution in [1.82, 2.24) is 9.78 Å². The number of ketones is 1. The number of rotatable bonds is 5. The van der Waals surface area contributed by atoms with Crippen LogP contribution in [0.25, 0.3) is 0 Å². The minimum atomic E-state index is -0.288. The fourth-order valence-corrected chi connectivity index (χ4v) is 4.86. The van der Waals surface area contributed by atoms with E-state index >= 15 is 0 Å². The van der Waals surface area contributed by atoms with E-state index in [9.17, 15) is 9.59 Å². The average Bonchev–Trinajstić information content (AvgIpc) is 3.33. The van der Waals surface area contributed by atoms with Crippen LogP contribution in [0, 0.1) is 14.9 Å². The third-order valence-electron chi connectivity index (χ3n) is 5.20. The van der Waals surface area contributed by atoms with Crippen LogP contribution >= 0.6 is 22.6 Å². The van der Waals surface area contributed by atoms with Gasteiger partial charge in [-0.3, -0.25) is 9.48 Å². The Morgan fingerprint density at radius 3 is 2.86 bits per heavy atom. The van der Waals surface area contributed by atoms with Crippen molar-refractivity contribution < 1.29 is 14.3 Å². The van der Waals surface area contributed by atoms with Crippen molar-refractivity contribution in [3.05, 3.63) is 15.0 Å². The van der Waals surface area contributed by atoms with Gasteiger partial charge in [0.15, 0.2) is 5.69 Å². The Balaban J connectivity index is 1.67. The number of carbonyl (C=O) groups is 2. The Hall–Kier alpha value is -0.920. The minimum Gasteiger partial charge on any atom is -0.461 e. The summed E-state index contributed by atoms with van der Waals surface area (Å²) in [6, 6.07) is 0. The number of hydrogen-bond acceptors (Lipinski definition) is 4. The van der Waals surface area contributed by atoms with Gasteiger partial charge in [0.05, 0.1) is 15.9 Å². The number of halogens is 1. The number of nitrogens with zero attached hydrogens (tertiary/aromatic N) is 2. The van der Waals surface area contributed by atoms with Crippen molar-refractivity contribution in [2.45, 2.75) is 51.5 Å². The van der Waals surface area contributed by atoms with Crippen molar-refractivity contribution >= 4 is 34.3 Å². The van der Waals surface area contributed by atoms with E-state index < -0.39 is 0 Å². The van der Waals surface area contributed by atoms with E-state index in [0.29, 0.717) is 49.3 Å². The van der Waals surface area contributed by atoms with Crippen LogP contribution in [0.4, 0.5) is 0 Å². The lowest BCUT2D eigenvalue weighted by Gasteiger charge is -2.13. The van der Waals surface area contributed by atoms with Gasteiger partial charge in [-0.1, -0.05) is 0 Å². The molecular weight excluding hydrogens is 395 g/mol. The van der Waals surface area contributed by atoms with Gasteiger partial charge in [-0.2, -0.15) is 5.10 Å². The zero-order chi connectivity index (χ0) is 15.5. The first-order chi connectivity index (χ1) is 10.5. The van der Waals surface area contributed by atoms with Crippen molar-refractivity contribution in [3.63, 3.8) is 0 Å². The van der Waals surface area contributed by atoms with Gasteiger partial charge in [0.1, 0.15) is 5.78 Å². The fraction of sp³-hybridized carbons (Fsp3) is 0.688. The molecule has 5 nitrogen and oxygen atoms in total. The predicted octanol–water partition coefficient (Wildman–Crippen LogP) is 2.91. The van der Waals surface area contributed by atoms with Crippen molar-refractivity contribution in [1.29, 1.82) is 0 Å². The third-order valence-corrected chi connectivity index (χ3v) is 6.26. The van der Waals surface area contributed by atoms with Crippen LogP contribution in [0.2, 0.25) is 0 Å². The van der Waals surface area contributed by atoms with Gasteiger partial charge in [-0.25, -0.2) is 4.79 Å². The Labute approximate surface area is 142 Å². The Bertz CT molecular complexity index is 665. The number of carbonyl (C=O) groups excluding carboxylic acids is 2. The highest BCUT2D eigenvalue weighted by atomic mass is 127. The molecule has 0 aliphatic heterocycles. The molecule has 3 fully saturated rings. The standard InChI is InChI=1S/C16H19IN2O3/c1-2-22-15(21)14-12(17)13(9-3-4-9)18-19(14)8-16-6-10(16)5-11(20)7-16/h9-10H,2-8H2,1H3. The molecule has 0 N–H and O–H groups in total. The fourth-order valence-electron chi connectivity index (χ4n) is 3.81. The number of fused-ring (bicyclic) bond motifs is 1. The highest BCUT2D eigenvalue weighted by molar-refractivity contribution is 14.1. The van der Waals surface area contributed by atoms with E-state index in [1.165, 1.54) is 0 Å². The molecule has 2 atom stereocenters. The van der Waals surface area contributed by atoms with Gasteiger partial charge in [-0.05, 0) is 54.7 Å². The number of aromatic nitrogens is 2. The summed E-state index contributed by atoms with van der Waals surface area (Å²) >= 11 is 2.23. The zero-order valence-electron chi connectivity index (χ0n) is 12.6. The maximum atomic E-state index is 12.3. The molecule has 3 saturated carbocycles. The Morgan fingerprint density at radius 2 is 2.27 bits per heavy atom. The predicted molar refractivity (Wildman–Crippen MR) is 87.7 cm³/mol. The van der Waals surface area contributed by atoms with Gasteiger partial charge in [-0.15, -0.1) is 0 Å². The van der Waals surface area contributed by atoms with Crippen LogP contribution in [0.1, 0.15) is 61.1 Å². The topological polar surface area (TPSA) is 61.2 Å². The second-order valence-corrected chi connectivity index (χ2v) is 7.96. The molecule has 0 spiro atoms. The first-order valence-electron chi connectivity index (χ1n) is 7.99. The Morgan fingerprint density at radius 1 is 1.50 bits per heavy atom. The zero-order valence-corrected chi connectivity index (χ0v) is 14.8. The molecule has 0 saturated heterocycles. The van der Waals surface area contributed by atoms with Crippen LogP contribution in [0.5, 0.6) is 0 Å². The molecule has 1 heterocycles. The summed E-state index contributed by atoms with van der Waals surface area (Å²) in [6.07, 6.45) is 4.76. The lowest BCUT2D eigenvalue weighted by molar-refractivity contribution is -0.118. The third kappa shape index (κ3) is 2.30. The molecule has 0 bridgehead atoms. The van der Waals surface area contributed by atoms with Gasteiger partial charge >= 0.3 is 5.97 Å². The first kappa shape index (κ1) is 14.7. The average molecular weight is 414 g/mol. The number of esters is 1. The van der Waals surface area contributed by atoms with Crippen molar-refractivity contribution in [3.8, 4) is 0 Å². The maximum Gasteiger partial charge on any atom is 0.357 e. The summed E-state index contributed by atoms with van der Waals surface area (Å²) in [5.41, 5.74) is 1.69. The molecule has 0 amide bonds.